The first-order chi connectivity index (χ1) is 13.8. The third-order valence-electron chi connectivity index (χ3n) is 4.07. The van der Waals surface area contributed by atoms with Gasteiger partial charge in [0.2, 0.25) is 5.91 Å². The van der Waals surface area contributed by atoms with E-state index in [-0.39, 0.29) is 6.61 Å². The SMILES string of the molecule is CCOC(=O)[C@H](CCCCN=C(C)NO)NC(=O)[C@@H](N)CCCCN=C(C)NO. The number of hydrogen-bond acceptors (Lipinski definition) is 8. The summed E-state index contributed by atoms with van der Waals surface area (Å²) in [6.07, 6.45) is 3.64. The summed E-state index contributed by atoms with van der Waals surface area (Å²) in [5, 5.41) is 20.0. The monoisotopic (exact) mass is 416 g/mol. The van der Waals surface area contributed by atoms with Crippen LogP contribution in [0.5, 0.6) is 0 Å². The second kappa shape index (κ2) is 16.7. The number of carbonyl (C=O) groups excluding carboxylic acids is 2. The fourth-order valence-corrected chi connectivity index (χ4v) is 2.40. The summed E-state index contributed by atoms with van der Waals surface area (Å²) >= 11 is 0. The normalized spacial score (nSPS) is 14.1. The van der Waals surface area contributed by atoms with Crippen LogP contribution in [0.4, 0.5) is 0 Å². The Morgan fingerprint density at radius 3 is 1.97 bits per heavy atom. The van der Waals surface area contributed by atoms with Crippen LogP contribution in [-0.4, -0.2) is 65.7 Å². The Hall–Kier alpha value is -2.24. The number of nitrogens with zero attached hydrogens (tertiary/aromatic N) is 2. The number of carbonyl (C=O) groups is 2. The Morgan fingerprint density at radius 1 is 0.966 bits per heavy atom. The smallest absolute Gasteiger partial charge is 0.328 e. The highest BCUT2D eigenvalue weighted by Gasteiger charge is 2.24. The number of unbranched alkanes of at least 4 members (excludes halogenated alkanes) is 2. The lowest BCUT2D eigenvalue weighted by Gasteiger charge is -2.19. The van der Waals surface area contributed by atoms with E-state index in [0.717, 1.165) is 6.42 Å². The molecule has 0 unspecified atom stereocenters. The predicted octanol–water partition coefficient (Wildman–Crippen LogP) is 0.497. The van der Waals surface area contributed by atoms with E-state index in [1.165, 1.54) is 0 Å². The molecule has 168 valence electrons. The highest BCUT2D eigenvalue weighted by molar-refractivity contribution is 5.87. The molecule has 0 saturated heterocycles. The Balaban J connectivity index is 4.42. The first-order valence-electron chi connectivity index (χ1n) is 9.90. The van der Waals surface area contributed by atoms with Gasteiger partial charge < -0.3 is 15.8 Å². The molecule has 0 aromatic carbocycles. The van der Waals surface area contributed by atoms with Crippen LogP contribution in [0.25, 0.3) is 0 Å². The minimum absolute atomic E-state index is 0.228. The summed E-state index contributed by atoms with van der Waals surface area (Å²) in [4.78, 5) is 32.6. The average Bonchev–Trinajstić information content (AvgIpc) is 2.71. The van der Waals surface area contributed by atoms with Gasteiger partial charge in [-0.1, -0.05) is 0 Å². The molecule has 29 heavy (non-hydrogen) atoms. The van der Waals surface area contributed by atoms with Crippen LogP contribution in [0.3, 0.4) is 0 Å². The highest BCUT2D eigenvalue weighted by Crippen LogP contribution is 2.06. The molecule has 2 atom stereocenters. The van der Waals surface area contributed by atoms with Crippen molar-refractivity contribution in [2.24, 2.45) is 15.7 Å². The van der Waals surface area contributed by atoms with Gasteiger partial charge in [0.25, 0.3) is 0 Å². The van der Waals surface area contributed by atoms with E-state index in [1.54, 1.807) is 20.8 Å². The molecule has 11 nitrogen and oxygen atoms in total. The zero-order valence-electron chi connectivity index (χ0n) is 17.6. The molecule has 0 aromatic rings. The number of hydroxylamine groups is 2. The number of nitrogens with one attached hydrogen (secondary N) is 3. The summed E-state index contributed by atoms with van der Waals surface area (Å²) in [5.41, 5.74) is 9.84. The lowest BCUT2D eigenvalue weighted by atomic mass is 10.1. The first-order valence-corrected chi connectivity index (χ1v) is 9.90. The quantitative estimate of drug-likeness (QED) is 0.0781. The zero-order valence-corrected chi connectivity index (χ0v) is 17.6. The fraction of sp³-hybridized carbons (Fsp3) is 0.778. The van der Waals surface area contributed by atoms with Crippen molar-refractivity contribution in [3.63, 3.8) is 0 Å². The number of nitrogens with two attached hydrogens (primary N) is 1. The Bertz CT molecular complexity index is 541. The molecular weight excluding hydrogens is 380 g/mol. The van der Waals surface area contributed by atoms with Gasteiger partial charge in [-0.25, -0.2) is 4.79 Å². The number of amidine groups is 2. The van der Waals surface area contributed by atoms with Crippen molar-refractivity contribution in [2.45, 2.75) is 71.4 Å². The van der Waals surface area contributed by atoms with Crippen molar-refractivity contribution in [3.05, 3.63) is 0 Å². The minimum atomic E-state index is -0.752. The number of aliphatic imine (C=N–C) groups is 2. The van der Waals surface area contributed by atoms with Gasteiger partial charge in [-0.2, -0.15) is 0 Å². The second-order valence-corrected chi connectivity index (χ2v) is 6.57. The topological polar surface area (TPSA) is 171 Å². The summed E-state index contributed by atoms with van der Waals surface area (Å²) in [6, 6.07) is -1.48. The number of hydrogen-bond donors (Lipinski definition) is 6. The van der Waals surface area contributed by atoms with E-state index in [1.807, 2.05) is 11.0 Å². The molecule has 0 aliphatic heterocycles. The van der Waals surface area contributed by atoms with Gasteiger partial charge in [0.1, 0.15) is 17.7 Å². The lowest BCUT2D eigenvalue weighted by Crippen LogP contribution is -2.49. The molecule has 11 heteroatoms. The van der Waals surface area contributed by atoms with Gasteiger partial charge in [0.15, 0.2) is 0 Å². The molecule has 0 aliphatic rings. The van der Waals surface area contributed by atoms with E-state index in [4.69, 9.17) is 20.9 Å². The van der Waals surface area contributed by atoms with Gasteiger partial charge in [-0.3, -0.25) is 36.2 Å². The van der Waals surface area contributed by atoms with Crippen molar-refractivity contribution in [1.29, 1.82) is 0 Å². The number of rotatable bonds is 14. The predicted molar refractivity (Wildman–Crippen MR) is 110 cm³/mol. The molecule has 0 fully saturated rings. The standard InChI is InChI=1S/C18H36N6O5/c1-4-29-18(26)16(10-6-8-12-21-14(3)24-28)22-17(25)15(19)9-5-7-11-20-13(2)23-27/h15-16,27-28H,4-12,19H2,1-3H3,(H,20,23)(H,21,24)(H,22,25)/t15-,16-/m0/s1. The van der Waals surface area contributed by atoms with E-state index in [2.05, 4.69) is 15.3 Å². The molecule has 0 aromatic heterocycles. The zero-order chi connectivity index (χ0) is 22.1. The molecule has 7 N–H and O–H groups in total. The van der Waals surface area contributed by atoms with E-state index in [0.29, 0.717) is 56.9 Å². The van der Waals surface area contributed by atoms with Gasteiger partial charge in [-0.15, -0.1) is 0 Å². The maximum atomic E-state index is 12.3. The van der Waals surface area contributed by atoms with Gasteiger partial charge in [0, 0.05) is 13.1 Å². The summed E-state index contributed by atoms with van der Waals surface area (Å²) < 4.78 is 5.04. The third-order valence-corrected chi connectivity index (χ3v) is 4.07. The van der Waals surface area contributed by atoms with Gasteiger partial charge in [-0.05, 0) is 59.3 Å². The van der Waals surface area contributed by atoms with Crippen LogP contribution < -0.4 is 22.0 Å². The Labute approximate surface area is 172 Å². The second-order valence-electron chi connectivity index (χ2n) is 6.57. The van der Waals surface area contributed by atoms with Crippen molar-refractivity contribution in [1.82, 2.24) is 16.3 Å². The molecular formula is C18H36N6O5. The number of esters is 1. The van der Waals surface area contributed by atoms with Crippen LogP contribution in [0.2, 0.25) is 0 Å². The molecule has 0 saturated carbocycles. The van der Waals surface area contributed by atoms with Crippen molar-refractivity contribution < 1.29 is 24.7 Å². The van der Waals surface area contributed by atoms with E-state index >= 15 is 0 Å². The fourth-order valence-electron chi connectivity index (χ4n) is 2.40. The Morgan fingerprint density at radius 2 is 1.48 bits per heavy atom. The summed E-state index contributed by atoms with van der Waals surface area (Å²) in [5.74, 6) is -0.0262. The molecule has 0 bridgehead atoms. The van der Waals surface area contributed by atoms with Crippen LogP contribution >= 0.6 is 0 Å². The molecule has 0 spiro atoms. The summed E-state index contributed by atoms with van der Waals surface area (Å²) in [7, 11) is 0. The van der Waals surface area contributed by atoms with Crippen molar-refractivity contribution in [2.75, 3.05) is 19.7 Å². The first kappa shape index (κ1) is 26.8. The van der Waals surface area contributed by atoms with Crippen molar-refractivity contribution >= 4 is 23.5 Å². The number of ether oxygens (including phenoxy) is 1. The maximum Gasteiger partial charge on any atom is 0.328 e. The third kappa shape index (κ3) is 13.6. The lowest BCUT2D eigenvalue weighted by molar-refractivity contribution is -0.147. The van der Waals surface area contributed by atoms with Gasteiger partial charge >= 0.3 is 5.97 Å². The van der Waals surface area contributed by atoms with Gasteiger partial charge in [0.05, 0.1) is 12.6 Å². The highest BCUT2D eigenvalue weighted by atomic mass is 16.5. The average molecular weight is 417 g/mol. The van der Waals surface area contributed by atoms with Crippen LogP contribution in [0, 0.1) is 0 Å². The molecule has 0 rings (SSSR count). The minimum Gasteiger partial charge on any atom is -0.464 e. The maximum absolute atomic E-state index is 12.3. The van der Waals surface area contributed by atoms with Crippen LogP contribution in [0.15, 0.2) is 9.98 Å². The summed E-state index contributed by atoms with van der Waals surface area (Å²) in [6.45, 7) is 6.23. The van der Waals surface area contributed by atoms with E-state index < -0.39 is 24.0 Å². The largest absolute Gasteiger partial charge is 0.464 e. The molecule has 0 heterocycles. The molecule has 0 aliphatic carbocycles. The van der Waals surface area contributed by atoms with E-state index in [9.17, 15) is 9.59 Å². The van der Waals surface area contributed by atoms with Crippen LogP contribution in [0.1, 0.15) is 59.3 Å². The van der Waals surface area contributed by atoms with Crippen LogP contribution in [-0.2, 0) is 14.3 Å². The van der Waals surface area contributed by atoms with Crippen molar-refractivity contribution in [3.8, 4) is 0 Å². The number of amides is 1. The Kier molecular flexibility index (Phi) is 15.4. The molecule has 1 amide bonds. The molecule has 0 radical (unpaired) electrons.